The number of rotatable bonds is 4. The van der Waals surface area contributed by atoms with Gasteiger partial charge in [0.15, 0.2) is 0 Å². The Morgan fingerprint density at radius 2 is 1.71 bits per heavy atom. The highest BCUT2D eigenvalue weighted by Gasteiger charge is 2.31. The van der Waals surface area contributed by atoms with Crippen molar-refractivity contribution in [3.8, 4) is 0 Å². The van der Waals surface area contributed by atoms with Crippen molar-refractivity contribution in [3.05, 3.63) is 0 Å². The summed E-state index contributed by atoms with van der Waals surface area (Å²) in [5.74, 6) is 0.944. The van der Waals surface area contributed by atoms with E-state index in [1.54, 1.807) is 0 Å². The lowest BCUT2D eigenvalue weighted by Gasteiger charge is -2.45. The maximum atomic E-state index is 3.74. The molecule has 2 fully saturated rings. The van der Waals surface area contributed by atoms with Crippen LogP contribution >= 0.6 is 0 Å². The van der Waals surface area contributed by atoms with Crippen LogP contribution in [0.25, 0.3) is 0 Å². The summed E-state index contributed by atoms with van der Waals surface area (Å²) in [5, 5.41) is 3.74. The van der Waals surface area contributed by atoms with Gasteiger partial charge in [-0.25, -0.2) is 0 Å². The topological polar surface area (TPSA) is 18.5 Å². The van der Waals surface area contributed by atoms with E-state index in [-0.39, 0.29) is 0 Å². The fourth-order valence-corrected chi connectivity index (χ4v) is 2.99. The summed E-state index contributed by atoms with van der Waals surface area (Å²) in [7, 11) is 2.22. The normalized spacial score (nSPS) is 32.5. The molecule has 3 nitrogen and oxygen atoms in total. The first-order valence-corrected chi connectivity index (χ1v) is 7.14. The molecule has 2 rings (SSSR count). The molecule has 0 aromatic heterocycles. The molecule has 0 spiro atoms. The van der Waals surface area contributed by atoms with Gasteiger partial charge in [0.05, 0.1) is 0 Å². The number of piperazine rings is 1. The smallest absolute Gasteiger partial charge is 0.0278 e. The Hall–Kier alpha value is -0.120. The van der Waals surface area contributed by atoms with E-state index >= 15 is 0 Å². The number of hydrogen-bond acceptors (Lipinski definition) is 3. The molecule has 0 bridgehead atoms. The van der Waals surface area contributed by atoms with E-state index in [1.165, 1.54) is 39.0 Å². The summed E-state index contributed by atoms with van der Waals surface area (Å²) < 4.78 is 0. The Balaban J connectivity index is 1.73. The molecule has 0 radical (unpaired) electrons. The van der Waals surface area contributed by atoms with Gasteiger partial charge in [0, 0.05) is 44.3 Å². The second-order valence-corrected chi connectivity index (χ2v) is 6.76. The Bertz CT molecular complexity index is 238. The molecule has 0 amide bonds. The van der Waals surface area contributed by atoms with Gasteiger partial charge >= 0.3 is 0 Å². The Labute approximate surface area is 107 Å². The van der Waals surface area contributed by atoms with Crippen molar-refractivity contribution in [2.45, 2.75) is 45.2 Å². The number of nitrogens with one attached hydrogen (secondary N) is 1. The molecule has 1 aliphatic carbocycles. The second-order valence-electron chi connectivity index (χ2n) is 6.76. The van der Waals surface area contributed by atoms with Gasteiger partial charge in [-0.15, -0.1) is 0 Å². The fraction of sp³-hybridized carbons (Fsp3) is 1.00. The van der Waals surface area contributed by atoms with Crippen LogP contribution in [0.2, 0.25) is 0 Å². The Morgan fingerprint density at radius 1 is 1.12 bits per heavy atom. The summed E-state index contributed by atoms with van der Waals surface area (Å²) in [5.41, 5.74) is 0.306. The molecule has 0 aromatic carbocycles. The molecule has 1 heterocycles. The predicted octanol–water partition coefficient (Wildman–Crippen LogP) is 1.40. The SMILES string of the molecule is CC1CC(NCC(C)(C)N2CCN(C)CC2)C1. The quantitative estimate of drug-likeness (QED) is 0.800. The zero-order chi connectivity index (χ0) is 12.5. The summed E-state index contributed by atoms with van der Waals surface area (Å²) >= 11 is 0. The first kappa shape index (κ1) is 13.3. The van der Waals surface area contributed by atoms with Crippen LogP contribution in [0.5, 0.6) is 0 Å². The summed E-state index contributed by atoms with van der Waals surface area (Å²) in [6.07, 6.45) is 2.75. The lowest BCUT2D eigenvalue weighted by atomic mass is 9.81. The molecular weight excluding hydrogens is 210 g/mol. The van der Waals surface area contributed by atoms with Crippen LogP contribution in [0, 0.1) is 5.92 Å². The van der Waals surface area contributed by atoms with E-state index in [4.69, 9.17) is 0 Å². The Kier molecular flexibility index (Phi) is 4.11. The number of nitrogens with zero attached hydrogens (tertiary/aromatic N) is 2. The van der Waals surface area contributed by atoms with E-state index in [2.05, 4.69) is 42.9 Å². The molecule has 1 saturated carbocycles. The standard InChI is InChI=1S/C14H29N3/c1-12-9-13(10-12)15-11-14(2,3)17-7-5-16(4)6-8-17/h12-13,15H,5-11H2,1-4H3. The third-order valence-electron chi connectivity index (χ3n) is 4.56. The van der Waals surface area contributed by atoms with Gasteiger partial charge in [0.2, 0.25) is 0 Å². The summed E-state index contributed by atoms with van der Waals surface area (Å²) in [4.78, 5) is 5.07. The highest BCUT2D eigenvalue weighted by Crippen LogP contribution is 2.27. The van der Waals surface area contributed by atoms with Gasteiger partial charge < -0.3 is 10.2 Å². The lowest BCUT2D eigenvalue weighted by molar-refractivity contribution is 0.0559. The summed E-state index contributed by atoms with van der Waals surface area (Å²) in [6, 6.07) is 0.789. The van der Waals surface area contributed by atoms with Crippen LogP contribution in [0.1, 0.15) is 33.6 Å². The van der Waals surface area contributed by atoms with Gasteiger partial charge in [-0.3, -0.25) is 4.90 Å². The van der Waals surface area contributed by atoms with E-state index in [0.29, 0.717) is 5.54 Å². The second kappa shape index (κ2) is 5.25. The highest BCUT2D eigenvalue weighted by atomic mass is 15.3. The molecule has 17 heavy (non-hydrogen) atoms. The van der Waals surface area contributed by atoms with Crippen molar-refractivity contribution < 1.29 is 0 Å². The molecular formula is C14H29N3. The first-order valence-electron chi connectivity index (χ1n) is 7.14. The largest absolute Gasteiger partial charge is 0.312 e. The third kappa shape index (κ3) is 3.43. The van der Waals surface area contributed by atoms with Crippen molar-refractivity contribution in [1.29, 1.82) is 0 Å². The minimum atomic E-state index is 0.306. The minimum absolute atomic E-state index is 0.306. The van der Waals surface area contributed by atoms with Crippen molar-refractivity contribution >= 4 is 0 Å². The molecule has 0 atom stereocenters. The molecule has 0 unspecified atom stereocenters. The lowest BCUT2D eigenvalue weighted by Crippen LogP contribution is -2.59. The zero-order valence-corrected chi connectivity index (χ0v) is 12.0. The molecule has 0 aromatic rings. The monoisotopic (exact) mass is 239 g/mol. The molecule has 100 valence electrons. The zero-order valence-electron chi connectivity index (χ0n) is 12.0. The number of hydrogen-bond donors (Lipinski definition) is 1. The molecule has 3 heteroatoms. The predicted molar refractivity (Wildman–Crippen MR) is 73.3 cm³/mol. The van der Waals surface area contributed by atoms with Crippen LogP contribution < -0.4 is 5.32 Å². The molecule has 1 saturated heterocycles. The van der Waals surface area contributed by atoms with Gasteiger partial charge in [0.25, 0.3) is 0 Å². The third-order valence-corrected chi connectivity index (χ3v) is 4.56. The van der Waals surface area contributed by atoms with Crippen LogP contribution in [0.4, 0.5) is 0 Å². The van der Waals surface area contributed by atoms with Crippen molar-refractivity contribution in [2.24, 2.45) is 5.92 Å². The highest BCUT2D eigenvalue weighted by molar-refractivity contribution is 4.90. The van der Waals surface area contributed by atoms with Gasteiger partial charge in [-0.05, 0) is 39.7 Å². The first-order chi connectivity index (χ1) is 7.97. The molecule has 2 aliphatic rings. The maximum Gasteiger partial charge on any atom is 0.0278 e. The van der Waals surface area contributed by atoms with E-state index in [9.17, 15) is 0 Å². The van der Waals surface area contributed by atoms with E-state index in [1.807, 2.05) is 0 Å². The average molecular weight is 239 g/mol. The maximum absolute atomic E-state index is 3.74. The number of likely N-dealkylation sites (N-methyl/N-ethyl adjacent to an activating group) is 1. The van der Waals surface area contributed by atoms with Gasteiger partial charge in [-0.2, -0.15) is 0 Å². The minimum Gasteiger partial charge on any atom is -0.312 e. The van der Waals surface area contributed by atoms with E-state index in [0.717, 1.165) is 18.5 Å². The van der Waals surface area contributed by atoms with Crippen LogP contribution in [-0.4, -0.2) is 61.2 Å². The molecule has 1 N–H and O–H groups in total. The fourth-order valence-electron chi connectivity index (χ4n) is 2.99. The molecule has 1 aliphatic heterocycles. The average Bonchev–Trinajstić information content (AvgIpc) is 2.23. The van der Waals surface area contributed by atoms with E-state index < -0.39 is 0 Å². The van der Waals surface area contributed by atoms with Crippen LogP contribution in [0.15, 0.2) is 0 Å². The summed E-state index contributed by atoms with van der Waals surface area (Å²) in [6.45, 7) is 13.1. The van der Waals surface area contributed by atoms with Gasteiger partial charge in [0.1, 0.15) is 0 Å². The Morgan fingerprint density at radius 3 is 2.24 bits per heavy atom. The van der Waals surface area contributed by atoms with Crippen LogP contribution in [0.3, 0.4) is 0 Å². The van der Waals surface area contributed by atoms with Gasteiger partial charge in [-0.1, -0.05) is 6.92 Å². The van der Waals surface area contributed by atoms with Crippen molar-refractivity contribution in [2.75, 3.05) is 39.8 Å². The van der Waals surface area contributed by atoms with Crippen LogP contribution in [-0.2, 0) is 0 Å². The van der Waals surface area contributed by atoms with Crippen molar-refractivity contribution in [3.63, 3.8) is 0 Å². The van der Waals surface area contributed by atoms with Crippen molar-refractivity contribution in [1.82, 2.24) is 15.1 Å².